The zero-order valence-corrected chi connectivity index (χ0v) is 14.0. The molecule has 10 heteroatoms. The number of benzene rings is 1. The average molecular weight is 378 g/mol. The first-order valence-corrected chi connectivity index (χ1v) is 7.76. The molecule has 0 saturated heterocycles. The Kier molecular flexibility index (Phi) is 4.80. The Morgan fingerprint density at radius 3 is 2.33 bits per heavy atom. The van der Waals surface area contributed by atoms with Gasteiger partial charge in [0.2, 0.25) is 0 Å². The summed E-state index contributed by atoms with van der Waals surface area (Å²) in [5.41, 5.74) is -2.03. The Morgan fingerprint density at radius 1 is 1.04 bits per heavy atom. The quantitative estimate of drug-likeness (QED) is 0.684. The molecule has 0 amide bonds. The van der Waals surface area contributed by atoms with Crippen LogP contribution < -0.4 is 16.9 Å². The fraction of sp³-hybridized carbons (Fsp3) is 0.176. The predicted octanol–water partition coefficient (Wildman–Crippen LogP) is 0.916. The molecule has 0 saturated carbocycles. The molecule has 1 aromatic carbocycles. The van der Waals surface area contributed by atoms with Gasteiger partial charge in [-0.15, -0.1) is 0 Å². The highest BCUT2D eigenvalue weighted by atomic mass is 19.2. The molecule has 2 heterocycles. The summed E-state index contributed by atoms with van der Waals surface area (Å²) in [7, 11) is 0. The standard InChI is InChI=1S/C17H13F3N4O3/c1-9-22-16(26)24(8-11-3-2-4-21-15(11)25)17(27)23(9)7-10-5-12(18)14(20)13(19)6-10/h2-6H,7-8H2,1H3,(H,21,25). The fourth-order valence-corrected chi connectivity index (χ4v) is 2.58. The molecular weight excluding hydrogens is 365 g/mol. The second-order valence-corrected chi connectivity index (χ2v) is 5.79. The van der Waals surface area contributed by atoms with Crippen molar-refractivity contribution in [2.24, 2.45) is 0 Å². The lowest BCUT2D eigenvalue weighted by Crippen LogP contribution is -2.43. The van der Waals surface area contributed by atoms with E-state index < -0.39 is 34.4 Å². The van der Waals surface area contributed by atoms with E-state index in [1.165, 1.54) is 25.3 Å². The van der Waals surface area contributed by atoms with Crippen LogP contribution in [-0.2, 0) is 13.1 Å². The van der Waals surface area contributed by atoms with Crippen molar-refractivity contribution >= 4 is 0 Å². The largest absolute Gasteiger partial charge is 0.353 e. The van der Waals surface area contributed by atoms with Gasteiger partial charge < -0.3 is 4.98 Å². The lowest BCUT2D eigenvalue weighted by Gasteiger charge is -2.12. The highest BCUT2D eigenvalue weighted by Crippen LogP contribution is 2.14. The maximum Gasteiger partial charge on any atom is 0.353 e. The van der Waals surface area contributed by atoms with Gasteiger partial charge in [-0.05, 0) is 30.7 Å². The van der Waals surface area contributed by atoms with E-state index in [1.807, 2.05) is 0 Å². The Bertz CT molecular complexity index is 1170. The summed E-state index contributed by atoms with van der Waals surface area (Å²) >= 11 is 0. The van der Waals surface area contributed by atoms with Gasteiger partial charge in [0.05, 0.1) is 13.1 Å². The highest BCUT2D eigenvalue weighted by molar-refractivity contribution is 5.20. The number of halogens is 3. The van der Waals surface area contributed by atoms with Crippen LogP contribution in [0.2, 0.25) is 0 Å². The van der Waals surface area contributed by atoms with E-state index in [1.54, 1.807) is 0 Å². The highest BCUT2D eigenvalue weighted by Gasteiger charge is 2.15. The van der Waals surface area contributed by atoms with Crippen LogP contribution in [0.15, 0.2) is 44.8 Å². The van der Waals surface area contributed by atoms with Crippen LogP contribution >= 0.6 is 0 Å². The summed E-state index contributed by atoms with van der Waals surface area (Å²) in [6.45, 7) is 0.711. The molecule has 0 radical (unpaired) electrons. The monoisotopic (exact) mass is 378 g/mol. The lowest BCUT2D eigenvalue weighted by molar-refractivity contribution is 0.443. The summed E-state index contributed by atoms with van der Waals surface area (Å²) in [6, 6.07) is 4.48. The van der Waals surface area contributed by atoms with Crippen molar-refractivity contribution in [2.45, 2.75) is 20.0 Å². The molecule has 0 aliphatic carbocycles. The third-order valence-electron chi connectivity index (χ3n) is 3.95. The number of pyridine rings is 1. The minimum atomic E-state index is -1.62. The van der Waals surface area contributed by atoms with E-state index in [0.717, 1.165) is 21.3 Å². The molecule has 0 bridgehead atoms. The van der Waals surface area contributed by atoms with Crippen LogP contribution in [0.1, 0.15) is 17.0 Å². The maximum absolute atomic E-state index is 13.4. The van der Waals surface area contributed by atoms with Crippen LogP contribution in [0.4, 0.5) is 13.2 Å². The third-order valence-corrected chi connectivity index (χ3v) is 3.95. The summed E-state index contributed by atoms with van der Waals surface area (Å²) in [6.07, 6.45) is 1.40. The van der Waals surface area contributed by atoms with Gasteiger partial charge >= 0.3 is 11.4 Å². The number of nitrogens with zero attached hydrogens (tertiary/aromatic N) is 3. The van der Waals surface area contributed by atoms with Crippen LogP contribution in [0.3, 0.4) is 0 Å². The van der Waals surface area contributed by atoms with Crippen LogP contribution in [0.25, 0.3) is 0 Å². The van der Waals surface area contributed by atoms with E-state index in [-0.39, 0.29) is 30.0 Å². The molecule has 27 heavy (non-hydrogen) atoms. The van der Waals surface area contributed by atoms with E-state index in [2.05, 4.69) is 9.97 Å². The molecular formula is C17H13F3N4O3. The Morgan fingerprint density at radius 2 is 1.70 bits per heavy atom. The SMILES string of the molecule is Cc1nc(=O)n(Cc2ccc[nH]c2=O)c(=O)n1Cc1cc(F)c(F)c(F)c1. The van der Waals surface area contributed by atoms with E-state index >= 15 is 0 Å². The molecule has 0 unspecified atom stereocenters. The Labute approximate surface area is 149 Å². The number of H-pyrrole nitrogens is 1. The van der Waals surface area contributed by atoms with Gasteiger partial charge in [0.15, 0.2) is 17.5 Å². The van der Waals surface area contributed by atoms with E-state index in [9.17, 15) is 27.6 Å². The van der Waals surface area contributed by atoms with Crippen molar-refractivity contribution in [1.29, 1.82) is 0 Å². The predicted molar refractivity (Wildman–Crippen MR) is 89.1 cm³/mol. The van der Waals surface area contributed by atoms with Crippen molar-refractivity contribution in [3.63, 3.8) is 0 Å². The number of nitrogens with one attached hydrogen (secondary N) is 1. The van der Waals surface area contributed by atoms with E-state index in [0.29, 0.717) is 0 Å². The fourth-order valence-electron chi connectivity index (χ4n) is 2.58. The molecule has 0 atom stereocenters. The first-order valence-electron chi connectivity index (χ1n) is 7.76. The molecule has 3 aromatic rings. The minimum Gasteiger partial charge on any atom is -0.329 e. The summed E-state index contributed by atoms with van der Waals surface area (Å²) < 4.78 is 41.6. The number of aryl methyl sites for hydroxylation is 1. The Balaban J connectivity index is 2.07. The molecule has 1 N–H and O–H groups in total. The van der Waals surface area contributed by atoms with Gasteiger partial charge in [-0.2, -0.15) is 4.98 Å². The van der Waals surface area contributed by atoms with Crippen LogP contribution in [-0.4, -0.2) is 19.1 Å². The first kappa shape index (κ1) is 18.4. The molecule has 140 valence electrons. The summed E-state index contributed by atoms with van der Waals surface area (Å²) in [5.74, 6) is -4.40. The van der Waals surface area contributed by atoms with Crippen molar-refractivity contribution in [1.82, 2.24) is 19.1 Å². The van der Waals surface area contributed by atoms with Crippen LogP contribution in [0, 0.1) is 24.4 Å². The number of hydrogen-bond acceptors (Lipinski definition) is 4. The van der Waals surface area contributed by atoms with Crippen molar-refractivity contribution in [2.75, 3.05) is 0 Å². The van der Waals surface area contributed by atoms with Gasteiger partial charge in [-0.3, -0.25) is 9.36 Å². The number of aromatic nitrogens is 4. The van der Waals surface area contributed by atoms with Gasteiger partial charge in [0.25, 0.3) is 5.56 Å². The third kappa shape index (κ3) is 3.59. The maximum atomic E-state index is 13.4. The van der Waals surface area contributed by atoms with Crippen molar-refractivity contribution in [3.05, 3.63) is 96.2 Å². The van der Waals surface area contributed by atoms with Gasteiger partial charge in [-0.1, -0.05) is 6.07 Å². The molecule has 0 aliphatic heterocycles. The molecule has 2 aromatic heterocycles. The second kappa shape index (κ2) is 7.06. The van der Waals surface area contributed by atoms with Gasteiger partial charge in [-0.25, -0.2) is 27.3 Å². The normalized spacial score (nSPS) is 11.0. The molecule has 0 spiro atoms. The smallest absolute Gasteiger partial charge is 0.329 e. The molecule has 0 fully saturated rings. The second-order valence-electron chi connectivity index (χ2n) is 5.79. The molecule has 0 aliphatic rings. The summed E-state index contributed by atoms with van der Waals surface area (Å²) in [5, 5.41) is 0. The van der Waals surface area contributed by atoms with Crippen molar-refractivity contribution < 1.29 is 13.2 Å². The minimum absolute atomic E-state index is 0.00774. The zero-order valence-electron chi connectivity index (χ0n) is 14.0. The van der Waals surface area contributed by atoms with Crippen molar-refractivity contribution in [3.8, 4) is 0 Å². The average Bonchev–Trinajstić information content (AvgIpc) is 2.61. The molecule has 7 nitrogen and oxygen atoms in total. The topological polar surface area (TPSA) is 89.8 Å². The van der Waals surface area contributed by atoms with E-state index in [4.69, 9.17) is 0 Å². The van der Waals surface area contributed by atoms with Gasteiger partial charge in [0.1, 0.15) is 5.82 Å². The first-order chi connectivity index (χ1) is 12.8. The molecule has 3 rings (SSSR count). The van der Waals surface area contributed by atoms with Crippen LogP contribution in [0.5, 0.6) is 0 Å². The number of aromatic amines is 1. The lowest BCUT2D eigenvalue weighted by atomic mass is 10.2. The zero-order chi connectivity index (χ0) is 19.7. The van der Waals surface area contributed by atoms with Gasteiger partial charge in [0, 0.05) is 11.8 Å². The Hall–Kier alpha value is -3.43. The number of rotatable bonds is 4. The number of hydrogen-bond donors (Lipinski definition) is 1. The summed E-state index contributed by atoms with van der Waals surface area (Å²) in [4.78, 5) is 42.7.